The minimum atomic E-state index is 0.310. The number of fused-ring (bicyclic) bond motifs is 1. The second-order valence-corrected chi connectivity index (χ2v) is 2.20. The van der Waals surface area contributed by atoms with E-state index in [9.17, 15) is 0 Å². The normalized spacial score (nSPS) is 10.6. The summed E-state index contributed by atoms with van der Waals surface area (Å²) in [5.74, 6) is 0.310. The largest absolute Gasteiger partial charge is 0.368 e. The Morgan fingerprint density at radius 2 is 2.36 bits per heavy atom. The zero-order valence-electron chi connectivity index (χ0n) is 5.89. The topological polar surface area (TPSA) is 82.0 Å². The van der Waals surface area contributed by atoms with Crippen molar-refractivity contribution in [1.82, 2.24) is 25.0 Å². The molecule has 2 aromatic rings. The fourth-order valence-electron chi connectivity index (χ4n) is 0.894. The Kier molecular flexibility index (Phi) is 1.03. The van der Waals surface area contributed by atoms with Gasteiger partial charge in [0.05, 0.1) is 0 Å². The Balaban J connectivity index is 2.91. The average Bonchev–Trinajstić information content (AvgIpc) is 2.34. The molecule has 2 rings (SSSR count). The van der Waals surface area contributed by atoms with Gasteiger partial charge in [-0.2, -0.15) is 4.52 Å². The molecule has 0 saturated heterocycles. The van der Waals surface area contributed by atoms with Crippen molar-refractivity contribution >= 4 is 11.6 Å². The van der Waals surface area contributed by atoms with E-state index >= 15 is 0 Å². The fourth-order valence-corrected chi connectivity index (χ4v) is 0.894. The van der Waals surface area contributed by atoms with Crippen molar-refractivity contribution in [1.29, 1.82) is 0 Å². The number of anilines is 1. The maximum absolute atomic E-state index is 5.51. The van der Waals surface area contributed by atoms with Crippen LogP contribution in [0.4, 0.5) is 5.95 Å². The summed E-state index contributed by atoms with van der Waals surface area (Å²) in [5, 5.41) is 10.8. The van der Waals surface area contributed by atoms with Crippen molar-refractivity contribution in [3.63, 3.8) is 0 Å². The van der Waals surface area contributed by atoms with E-state index in [0.717, 1.165) is 5.69 Å². The predicted octanol–water partition coefficient (Wildman–Crippen LogP) is -0.590. The van der Waals surface area contributed by atoms with Gasteiger partial charge in [-0.1, -0.05) is 0 Å². The Labute approximate surface area is 62.0 Å². The van der Waals surface area contributed by atoms with Gasteiger partial charge in [0.15, 0.2) is 5.65 Å². The van der Waals surface area contributed by atoms with Crippen molar-refractivity contribution in [2.24, 2.45) is 0 Å². The number of tetrazole rings is 1. The van der Waals surface area contributed by atoms with E-state index in [1.807, 2.05) is 6.92 Å². The van der Waals surface area contributed by atoms with Crippen molar-refractivity contribution < 1.29 is 0 Å². The van der Waals surface area contributed by atoms with Gasteiger partial charge in [-0.25, -0.2) is 4.98 Å². The van der Waals surface area contributed by atoms with Crippen LogP contribution in [-0.2, 0) is 0 Å². The third-order valence-electron chi connectivity index (χ3n) is 1.34. The molecule has 2 N–H and O–H groups in total. The van der Waals surface area contributed by atoms with Crippen molar-refractivity contribution in [2.75, 3.05) is 5.73 Å². The predicted molar refractivity (Wildman–Crippen MR) is 37.7 cm³/mol. The highest BCUT2D eigenvalue weighted by Crippen LogP contribution is 2.02. The molecular weight excluding hydrogens is 144 g/mol. The zero-order valence-corrected chi connectivity index (χ0v) is 5.89. The molecule has 0 spiro atoms. The molecule has 0 amide bonds. The van der Waals surface area contributed by atoms with Gasteiger partial charge in [0.25, 0.3) is 0 Å². The monoisotopic (exact) mass is 150 g/mol. The summed E-state index contributed by atoms with van der Waals surface area (Å²) in [6.07, 6.45) is 0. The van der Waals surface area contributed by atoms with Crippen LogP contribution in [0.2, 0.25) is 0 Å². The van der Waals surface area contributed by atoms with Crippen LogP contribution in [0.3, 0.4) is 0 Å². The van der Waals surface area contributed by atoms with Crippen LogP contribution in [-0.4, -0.2) is 25.0 Å². The third kappa shape index (κ3) is 0.794. The van der Waals surface area contributed by atoms with Crippen LogP contribution < -0.4 is 5.73 Å². The number of aryl methyl sites for hydroxylation is 1. The van der Waals surface area contributed by atoms with Crippen LogP contribution in [0.1, 0.15) is 5.69 Å². The lowest BCUT2D eigenvalue weighted by molar-refractivity contribution is 0.816. The first-order chi connectivity index (χ1) is 5.27. The Bertz CT molecular complexity index is 391. The molecule has 2 heterocycles. The zero-order chi connectivity index (χ0) is 7.84. The average molecular weight is 150 g/mol. The van der Waals surface area contributed by atoms with Crippen LogP contribution in [0, 0.1) is 6.92 Å². The van der Waals surface area contributed by atoms with Crippen molar-refractivity contribution in [2.45, 2.75) is 6.92 Å². The Morgan fingerprint density at radius 1 is 1.55 bits per heavy atom. The van der Waals surface area contributed by atoms with Crippen LogP contribution in [0.25, 0.3) is 5.65 Å². The van der Waals surface area contributed by atoms with E-state index in [1.54, 1.807) is 6.07 Å². The molecule has 0 aliphatic carbocycles. The van der Waals surface area contributed by atoms with E-state index in [1.165, 1.54) is 4.52 Å². The van der Waals surface area contributed by atoms with Gasteiger partial charge in [-0.15, -0.1) is 5.10 Å². The Hall–Kier alpha value is -1.72. The second-order valence-electron chi connectivity index (χ2n) is 2.20. The fraction of sp³-hybridized carbons (Fsp3) is 0.200. The lowest BCUT2D eigenvalue weighted by Gasteiger charge is -1.95. The number of nitrogen functional groups attached to an aromatic ring is 1. The van der Waals surface area contributed by atoms with Gasteiger partial charge in [0, 0.05) is 11.8 Å². The summed E-state index contributed by atoms with van der Waals surface area (Å²) in [7, 11) is 0. The van der Waals surface area contributed by atoms with Gasteiger partial charge in [-0.3, -0.25) is 0 Å². The molecule has 0 aliphatic rings. The van der Waals surface area contributed by atoms with Crippen molar-refractivity contribution in [3.8, 4) is 0 Å². The molecule has 6 nitrogen and oxygen atoms in total. The highest BCUT2D eigenvalue weighted by molar-refractivity contribution is 5.41. The summed E-state index contributed by atoms with van der Waals surface area (Å²) in [6, 6.07) is 1.76. The molecule has 0 radical (unpaired) electrons. The maximum Gasteiger partial charge on any atom is 0.224 e. The molecule has 0 aromatic carbocycles. The molecule has 2 aromatic heterocycles. The molecule has 0 atom stereocenters. The summed E-state index contributed by atoms with van der Waals surface area (Å²) >= 11 is 0. The summed E-state index contributed by atoms with van der Waals surface area (Å²) < 4.78 is 1.38. The molecule has 11 heavy (non-hydrogen) atoms. The number of hydrogen-bond acceptors (Lipinski definition) is 5. The number of nitrogens with two attached hydrogens (primary N) is 1. The van der Waals surface area contributed by atoms with Gasteiger partial charge < -0.3 is 5.73 Å². The first kappa shape index (κ1) is 6.02. The van der Waals surface area contributed by atoms with Gasteiger partial charge in [0.2, 0.25) is 5.95 Å². The lowest BCUT2D eigenvalue weighted by Crippen LogP contribution is -2.02. The van der Waals surface area contributed by atoms with E-state index in [0.29, 0.717) is 11.6 Å². The molecule has 0 bridgehead atoms. The number of rotatable bonds is 0. The smallest absolute Gasteiger partial charge is 0.224 e. The first-order valence-electron chi connectivity index (χ1n) is 3.08. The van der Waals surface area contributed by atoms with E-state index < -0.39 is 0 Å². The molecule has 6 heteroatoms. The highest BCUT2D eigenvalue weighted by atomic mass is 15.5. The highest BCUT2D eigenvalue weighted by Gasteiger charge is 2.01. The van der Waals surface area contributed by atoms with Crippen molar-refractivity contribution in [3.05, 3.63) is 11.8 Å². The van der Waals surface area contributed by atoms with Gasteiger partial charge >= 0.3 is 0 Å². The molecule has 56 valence electrons. The molecule has 0 aliphatic heterocycles. The summed E-state index contributed by atoms with van der Waals surface area (Å²) in [5.41, 5.74) is 6.94. The minimum Gasteiger partial charge on any atom is -0.368 e. The number of nitrogens with zero attached hydrogens (tertiary/aromatic N) is 5. The molecular formula is C5H6N6. The van der Waals surface area contributed by atoms with E-state index in [-0.39, 0.29) is 0 Å². The summed E-state index contributed by atoms with van der Waals surface area (Å²) in [4.78, 5) is 3.97. The summed E-state index contributed by atoms with van der Waals surface area (Å²) in [6.45, 7) is 1.84. The van der Waals surface area contributed by atoms with Crippen LogP contribution in [0.15, 0.2) is 6.07 Å². The molecule has 0 saturated carbocycles. The van der Waals surface area contributed by atoms with Crippen LogP contribution in [0.5, 0.6) is 0 Å². The number of hydrogen-bond donors (Lipinski definition) is 1. The maximum atomic E-state index is 5.51. The number of aromatic nitrogens is 5. The van der Waals surface area contributed by atoms with Gasteiger partial charge in [0.1, 0.15) is 0 Å². The standard InChI is InChI=1S/C5H6N6/c1-3-2-4-8-9-10-11(4)5(6)7-3/h2H,1H3,(H2,6,7). The van der Waals surface area contributed by atoms with Crippen LogP contribution >= 0.6 is 0 Å². The Morgan fingerprint density at radius 3 is 3.18 bits per heavy atom. The third-order valence-corrected chi connectivity index (χ3v) is 1.34. The van der Waals surface area contributed by atoms with E-state index in [4.69, 9.17) is 5.73 Å². The lowest BCUT2D eigenvalue weighted by atomic mass is 10.4. The van der Waals surface area contributed by atoms with Gasteiger partial charge in [-0.05, 0) is 17.4 Å². The first-order valence-corrected chi connectivity index (χ1v) is 3.08. The second kappa shape index (κ2) is 1.88. The SMILES string of the molecule is Cc1cc2nnnn2c(N)n1. The minimum absolute atomic E-state index is 0.310. The van der Waals surface area contributed by atoms with E-state index in [2.05, 4.69) is 20.5 Å². The molecule has 0 unspecified atom stereocenters. The quantitative estimate of drug-likeness (QED) is 0.542. The molecule has 0 fully saturated rings.